The van der Waals surface area contributed by atoms with Crippen LogP contribution in [-0.2, 0) is 0 Å². The minimum atomic E-state index is -0.356. The van der Waals surface area contributed by atoms with Crippen LogP contribution >= 0.6 is 0 Å². The molecule has 12 heteroatoms. The van der Waals surface area contributed by atoms with Crippen LogP contribution in [0, 0.1) is 18.8 Å². The van der Waals surface area contributed by atoms with Crippen molar-refractivity contribution in [2.24, 2.45) is 0 Å². The molecule has 2 aromatic heterocycles. The molecular weight excluding hydrogens is 1450 g/mol. The predicted molar refractivity (Wildman–Crippen MR) is 497 cm³/mol. The normalized spacial score (nSPS) is 11.2. The van der Waals surface area contributed by atoms with E-state index < -0.39 is 0 Å². The van der Waals surface area contributed by atoms with Gasteiger partial charge in [0.05, 0.1) is 51.0 Å². The lowest BCUT2D eigenvalue weighted by Gasteiger charge is -2.20. The molecule has 0 aliphatic carbocycles. The number of hydrogen-bond donors (Lipinski definition) is 2. The van der Waals surface area contributed by atoms with Gasteiger partial charge in [0.2, 0.25) is 11.5 Å². The van der Waals surface area contributed by atoms with Gasteiger partial charge in [-0.25, -0.2) is 0 Å². The Morgan fingerprint density at radius 1 is 0.282 bits per heavy atom. The van der Waals surface area contributed by atoms with Gasteiger partial charge in [-0.15, -0.1) is 0 Å². The highest BCUT2D eigenvalue weighted by atomic mass is 16.5. The number of unbranched alkanes of at least 4 members (excludes halogenated alkanes) is 54. The van der Waals surface area contributed by atoms with Gasteiger partial charge in [-0.1, -0.05) is 406 Å². The second kappa shape index (κ2) is 70.0. The maximum absolute atomic E-state index is 15.5. The van der Waals surface area contributed by atoms with E-state index in [2.05, 4.69) is 69.0 Å². The summed E-state index contributed by atoms with van der Waals surface area (Å²) >= 11 is 0. The number of carbonyl (C=O) groups excluding carboxylic acids is 2. The highest BCUT2D eigenvalue weighted by Gasteiger charge is 2.24. The predicted octanol–water partition coefficient (Wildman–Crippen LogP) is 32.2. The van der Waals surface area contributed by atoms with Crippen molar-refractivity contribution in [1.82, 2.24) is 9.97 Å². The number of rotatable bonds is 77. The van der Waals surface area contributed by atoms with Gasteiger partial charge in [-0.2, -0.15) is 0 Å². The lowest BCUT2D eigenvalue weighted by molar-refractivity contribution is 0.101. The average Bonchev–Trinajstić information content (AvgIpc) is 0.802. The fourth-order valence-electron chi connectivity index (χ4n) is 15.5. The van der Waals surface area contributed by atoms with Crippen molar-refractivity contribution in [3.05, 3.63) is 107 Å². The van der Waals surface area contributed by atoms with Crippen LogP contribution in [0.1, 0.15) is 464 Å². The monoisotopic (exact) mass is 1610 g/mol. The fourth-order valence-corrected chi connectivity index (χ4v) is 15.5. The molecule has 3 aromatic carbocycles. The molecule has 0 saturated heterocycles. The second-order valence-corrected chi connectivity index (χ2v) is 33.8. The Labute approximate surface area is 715 Å². The summed E-state index contributed by atoms with van der Waals surface area (Å²) in [7, 11) is 0. The zero-order valence-corrected chi connectivity index (χ0v) is 75.8. The maximum Gasteiger partial charge on any atom is 0.255 e. The number of amides is 2. The average molecular weight is 1610 g/mol. The third-order valence-electron chi connectivity index (χ3n) is 23.0. The molecular formula is C105H168N4O8. The molecule has 0 aliphatic heterocycles. The van der Waals surface area contributed by atoms with E-state index in [1.54, 1.807) is 12.4 Å². The highest BCUT2D eigenvalue weighted by Crippen LogP contribution is 2.43. The Balaban J connectivity index is 1.54. The molecule has 0 radical (unpaired) electrons. The first-order valence-electron chi connectivity index (χ1n) is 49.0. The Kier molecular flexibility index (Phi) is 60.3. The zero-order chi connectivity index (χ0) is 83.2. The zero-order valence-electron chi connectivity index (χ0n) is 75.8. The molecule has 5 rings (SSSR count). The molecule has 0 aliphatic rings. The molecule has 0 unspecified atom stereocenters. The van der Waals surface area contributed by atoms with Gasteiger partial charge < -0.3 is 39.1 Å². The minimum absolute atomic E-state index is 0.356. The van der Waals surface area contributed by atoms with Gasteiger partial charge >= 0.3 is 0 Å². The summed E-state index contributed by atoms with van der Waals surface area (Å²) in [6.45, 7) is 18.6. The van der Waals surface area contributed by atoms with Crippen molar-refractivity contribution in [3.8, 4) is 57.7 Å². The van der Waals surface area contributed by atoms with Crippen LogP contribution in [0.3, 0.4) is 0 Å². The van der Waals surface area contributed by atoms with Crippen LogP contribution < -0.4 is 39.1 Å². The number of nitrogens with zero attached hydrogens (tertiary/aromatic N) is 2. The molecule has 2 N–H and O–H groups in total. The summed E-state index contributed by atoms with van der Waals surface area (Å²) in [5.74, 6) is 9.24. The van der Waals surface area contributed by atoms with Crippen LogP contribution in [0.4, 0.5) is 11.4 Å². The van der Waals surface area contributed by atoms with Crippen LogP contribution in [0.2, 0.25) is 0 Å². The molecule has 12 nitrogen and oxygen atoms in total. The molecule has 0 saturated carbocycles. The Morgan fingerprint density at radius 3 is 0.778 bits per heavy atom. The molecule has 2 amide bonds. The van der Waals surface area contributed by atoms with E-state index in [0.29, 0.717) is 113 Å². The van der Waals surface area contributed by atoms with Crippen LogP contribution in [-0.4, -0.2) is 61.4 Å². The Bertz CT molecular complexity index is 3070. The number of hydrogen-bond acceptors (Lipinski definition) is 10. The number of anilines is 2. The lowest BCUT2D eigenvalue weighted by atomic mass is 10.0. The molecule has 0 spiro atoms. The summed E-state index contributed by atoms with van der Waals surface area (Å²) in [5, 5.41) is 6.66. The summed E-state index contributed by atoms with van der Waals surface area (Å²) in [6, 6.07) is 20.8. The first kappa shape index (κ1) is 101. The third-order valence-corrected chi connectivity index (χ3v) is 23.0. The van der Waals surface area contributed by atoms with E-state index in [1.165, 1.54) is 308 Å². The molecule has 0 bridgehead atoms. The van der Waals surface area contributed by atoms with Crippen molar-refractivity contribution >= 4 is 23.2 Å². The first-order chi connectivity index (χ1) is 57.7. The van der Waals surface area contributed by atoms with E-state index in [9.17, 15) is 0 Å². The van der Waals surface area contributed by atoms with Crippen molar-refractivity contribution < 1.29 is 38.0 Å². The molecule has 2 heterocycles. The van der Waals surface area contributed by atoms with E-state index in [4.69, 9.17) is 33.4 Å². The van der Waals surface area contributed by atoms with E-state index in [0.717, 1.165) is 88.4 Å². The largest absolute Gasteiger partial charge is 0.490 e. The van der Waals surface area contributed by atoms with Gasteiger partial charge in [0.15, 0.2) is 23.0 Å². The standard InChI is InChI=1S/C105H168N4O8/c1-8-14-20-26-32-38-44-50-56-64-76-112-98-84-92(85-99(113-77-65-57-51-45-39-33-27-21-15-9-2)102(98)116-80-68-60-54-48-42-36-30-24-18-12-5)104(110)108-96-82-91(72-71-90-73-74-95(107-88-90)94-70-62-63-75-106-94)83-97(89(96)7)109-105(111)93-86-100(114-78-66-58-52-46-40-34-28-22-16-10-3)103(117-81-69-61-55-49-43-37-31-25-19-13-6)101(87-93)115-79-67-59-53-47-41-35-29-23-17-11-4/h62-63,70,73-75,82-88H,8-61,64-69,76-81H2,1-7H3,(H,108,110)(H,109,111). The minimum Gasteiger partial charge on any atom is -0.490 e. The number of aromatic nitrogens is 2. The fraction of sp³-hybridized carbons (Fsp3) is 0.695. The smallest absolute Gasteiger partial charge is 0.255 e. The number of ether oxygens (including phenoxy) is 6. The van der Waals surface area contributed by atoms with Crippen molar-refractivity contribution in [2.45, 2.75) is 434 Å². The number of nitrogens with one attached hydrogen (secondary N) is 2. The summed E-state index contributed by atoms with van der Waals surface area (Å²) in [4.78, 5) is 40.2. The van der Waals surface area contributed by atoms with Gasteiger partial charge in [0.25, 0.3) is 11.8 Å². The van der Waals surface area contributed by atoms with Crippen LogP contribution in [0.15, 0.2) is 79.1 Å². The SMILES string of the molecule is CCCCCCCCCCCCOc1cc(C(=O)Nc2cc(C#Cc3ccc(-c4ccccn4)nc3)cc(NC(=O)c3cc(OCCCCCCCCCCCC)c(OCCCCCCCCCCCC)c(OCCCCCCCCCCCC)c3)c2C)cc(OCCCCCCCCCCCC)c1OCCCCCCCCCCCC. The summed E-state index contributed by atoms with van der Waals surface area (Å²) in [5.41, 5.74) is 5.18. The topological polar surface area (TPSA) is 139 Å². The number of carbonyl (C=O) groups is 2. The molecule has 5 aromatic rings. The van der Waals surface area contributed by atoms with Gasteiger partial charge in [0, 0.05) is 46.0 Å². The number of pyridine rings is 2. The van der Waals surface area contributed by atoms with Crippen molar-refractivity contribution in [3.63, 3.8) is 0 Å². The van der Waals surface area contributed by atoms with Crippen molar-refractivity contribution in [1.29, 1.82) is 0 Å². The third kappa shape index (κ3) is 47.7. The first-order valence-corrected chi connectivity index (χ1v) is 49.0. The lowest BCUT2D eigenvalue weighted by Crippen LogP contribution is -2.17. The van der Waals surface area contributed by atoms with Crippen LogP contribution in [0.5, 0.6) is 34.5 Å². The molecule has 0 fully saturated rings. The maximum atomic E-state index is 15.5. The van der Waals surface area contributed by atoms with E-state index in [-0.39, 0.29) is 11.8 Å². The Hall–Kier alpha value is -6.74. The van der Waals surface area contributed by atoms with Crippen molar-refractivity contribution in [2.75, 3.05) is 50.3 Å². The highest BCUT2D eigenvalue weighted by molar-refractivity contribution is 6.08. The van der Waals surface area contributed by atoms with E-state index in [1.807, 2.05) is 73.7 Å². The second-order valence-electron chi connectivity index (χ2n) is 33.8. The van der Waals surface area contributed by atoms with Crippen LogP contribution in [0.25, 0.3) is 11.4 Å². The molecule has 656 valence electrons. The summed E-state index contributed by atoms with van der Waals surface area (Å²) < 4.78 is 40.9. The number of benzene rings is 3. The van der Waals surface area contributed by atoms with E-state index >= 15 is 9.59 Å². The van der Waals surface area contributed by atoms with Gasteiger partial charge in [0.1, 0.15) is 0 Å². The van der Waals surface area contributed by atoms with Gasteiger partial charge in [-0.05, 0) is 112 Å². The summed E-state index contributed by atoms with van der Waals surface area (Å²) in [6.07, 6.45) is 76.8. The molecule has 0 atom stereocenters. The quantitative estimate of drug-likeness (QED) is 0.0286. The molecule has 117 heavy (non-hydrogen) atoms. The van der Waals surface area contributed by atoms with Gasteiger partial charge in [-0.3, -0.25) is 19.6 Å². The Morgan fingerprint density at radius 2 is 0.530 bits per heavy atom.